The van der Waals surface area contributed by atoms with Crippen molar-refractivity contribution in [3.05, 3.63) is 71.3 Å². The van der Waals surface area contributed by atoms with Gasteiger partial charge in [-0.15, -0.1) is 0 Å². The van der Waals surface area contributed by atoms with E-state index in [1.165, 1.54) is 0 Å². The van der Waals surface area contributed by atoms with Crippen LogP contribution in [0.25, 0.3) is 5.69 Å². The SMILES string of the molecule is Cc1nn(-c2ccccc2)c(C)c1CN(C)C(=O)c1cccn1C1CCN(C(=O)OC(C)(C)C)CC1. The number of carbonyl (C=O) groups excluding carboxylic acids is 2. The predicted octanol–water partition coefficient (Wildman–Crippen LogP) is 5.13. The van der Waals surface area contributed by atoms with Crippen LogP contribution < -0.4 is 0 Å². The molecule has 0 spiro atoms. The second-order valence-electron chi connectivity index (χ2n) is 10.6. The number of para-hydroxylation sites is 1. The number of hydrogen-bond donors (Lipinski definition) is 0. The first-order valence-corrected chi connectivity index (χ1v) is 12.6. The fourth-order valence-corrected chi connectivity index (χ4v) is 4.78. The van der Waals surface area contributed by atoms with E-state index in [2.05, 4.69) is 4.57 Å². The molecule has 1 aliphatic rings. The third-order valence-corrected chi connectivity index (χ3v) is 6.69. The Morgan fingerprint density at radius 2 is 1.72 bits per heavy atom. The van der Waals surface area contributed by atoms with Crippen molar-refractivity contribution in [2.75, 3.05) is 20.1 Å². The summed E-state index contributed by atoms with van der Waals surface area (Å²) in [5.41, 5.74) is 4.17. The second-order valence-corrected chi connectivity index (χ2v) is 10.6. The summed E-state index contributed by atoms with van der Waals surface area (Å²) in [5.74, 6) is -0.0270. The highest BCUT2D eigenvalue weighted by Gasteiger charge is 2.29. The highest BCUT2D eigenvalue weighted by molar-refractivity contribution is 5.92. The van der Waals surface area contributed by atoms with Crippen molar-refractivity contribution >= 4 is 12.0 Å². The predicted molar refractivity (Wildman–Crippen MR) is 139 cm³/mol. The van der Waals surface area contributed by atoms with Gasteiger partial charge in [-0.1, -0.05) is 18.2 Å². The summed E-state index contributed by atoms with van der Waals surface area (Å²) in [6.07, 6.45) is 3.25. The zero-order valence-corrected chi connectivity index (χ0v) is 22.2. The maximum atomic E-state index is 13.5. The summed E-state index contributed by atoms with van der Waals surface area (Å²) < 4.78 is 9.52. The first kappa shape index (κ1) is 25.5. The molecule has 1 fully saturated rings. The zero-order chi connectivity index (χ0) is 26.0. The third kappa shape index (κ3) is 5.48. The fraction of sp³-hybridized carbons (Fsp3) is 0.464. The Morgan fingerprint density at radius 3 is 2.36 bits per heavy atom. The van der Waals surface area contributed by atoms with E-state index in [0.717, 1.165) is 35.5 Å². The minimum Gasteiger partial charge on any atom is -0.444 e. The molecule has 4 rings (SSSR count). The van der Waals surface area contributed by atoms with E-state index in [9.17, 15) is 9.59 Å². The Hall–Kier alpha value is -3.55. The molecule has 0 aliphatic carbocycles. The number of aryl methyl sites for hydroxylation is 1. The molecule has 0 N–H and O–H groups in total. The molecule has 0 atom stereocenters. The van der Waals surface area contributed by atoms with Crippen LogP contribution in [0.1, 0.15) is 67.1 Å². The lowest BCUT2D eigenvalue weighted by molar-refractivity contribution is 0.0186. The number of piperidine rings is 1. The minimum absolute atomic E-state index is 0.0270. The van der Waals surface area contributed by atoms with Crippen LogP contribution in [-0.4, -0.2) is 61.9 Å². The number of rotatable bonds is 5. The molecule has 0 saturated carbocycles. The maximum Gasteiger partial charge on any atom is 0.410 e. The van der Waals surface area contributed by atoms with Crippen LogP contribution in [0, 0.1) is 13.8 Å². The Morgan fingerprint density at radius 1 is 1.06 bits per heavy atom. The summed E-state index contributed by atoms with van der Waals surface area (Å²) >= 11 is 0. The van der Waals surface area contributed by atoms with Gasteiger partial charge in [0.05, 0.1) is 11.4 Å². The van der Waals surface area contributed by atoms with Crippen molar-refractivity contribution in [3.8, 4) is 5.69 Å². The van der Waals surface area contributed by atoms with Gasteiger partial charge in [0.15, 0.2) is 0 Å². The lowest BCUT2D eigenvalue weighted by atomic mass is 10.0. The zero-order valence-electron chi connectivity index (χ0n) is 22.2. The molecular formula is C28H37N5O3. The van der Waals surface area contributed by atoms with Gasteiger partial charge in [-0.3, -0.25) is 4.79 Å². The molecular weight excluding hydrogens is 454 g/mol. The molecule has 8 heteroatoms. The molecule has 1 aliphatic heterocycles. The summed E-state index contributed by atoms with van der Waals surface area (Å²) in [6, 6.07) is 14.0. The molecule has 3 heterocycles. The van der Waals surface area contributed by atoms with Crippen molar-refractivity contribution in [1.82, 2.24) is 24.1 Å². The van der Waals surface area contributed by atoms with Crippen molar-refractivity contribution < 1.29 is 14.3 Å². The number of amides is 2. The average Bonchev–Trinajstić information content (AvgIpc) is 3.44. The first-order valence-electron chi connectivity index (χ1n) is 12.6. The van der Waals surface area contributed by atoms with Gasteiger partial charge in [-0.25, -0.2) is 9.48 Å². The fourth-order valence-electron chi connectivity index (χ4n) is 4.78. The Bertz CT molecular complexity index is 1210. The monoisotopic (exact) mass is 491 g/mol. The molecule has 0 radical (unpaired) electrons. The second kappa shape index (κ2) is 10.2. The summed E-state index contributed by atoms with van der Waals surface area (Å²) in [7, 11) is 1.84. The molecule has 8 nitrogen and oxygen atoms in total. The lowest BCUT2D eigenvalue weighted by Gasteiger charge is -2.34. The van der Waals surface area contributed by atoms with Crippen LogP contribution in [0.2, 0.25) is 0 Å². The van der Waals surface area contributed by atoms with Gasteiger partial charge in [0.25, 0.3) is 5.91 Å². The summed E-state index contributed by atoms with van der Waals surface area (Å²) in [4.78, 5) is 29.4. The number of likely N-dealkylation sites (tertiary alicyclic amines) is 1. The standard InChI is InChI=1S/C28H37N5O3/c1-20-24(21(2)33(29-20)23-11-8-7-9-12-23)19-30(6)26(34)25-13-10-16-32(25)22-14-17-31(18-15-22)27(35)36-28(3,4)5/h7-13,16,22H,14-15,17-19H2,1-6H3. The van der Waals surface area contributed by atoms with Crippen LogP contribution in [0.5, 0.6) is 0 Å². The molecule has 192 valence electrons. The molecule has 3 aromatic rings. The summed E-state index contributed by atoms with van der Waals surface area (Å²) in [5, 5.41) is 4.72. The van der Waals surface area contributed by atoms with E-state index in [0.29, 0.717) is 25.3 Å². The average molecular weight is 492 g/mol. The Kier molecular flexibility index (Phi) is 7.24. The largest absolute Gasteiger partial charge is 0.444 e. The highest BCUT2D eigenvalue weighted by Crippen LogP contribution is 2.27. The number of benzene rings is 1. The van der Waals surface area contributed by atoms with E-state index >= 15 is 0 Å². The van der Waals surface area contributed by atoms with Crippen LogP contribution in [0.15, 0.2) is 48.7 Å². The number of carbonyl (C=O) groups is 2. The van der Waals surface area contributed by atoms with Gasteiger partial charge >= 0.3 is 6.09 Å². The van der Waals surface area contributed by atoms with Gasteiger partial charge in [-0.05, 0) is 71.7 Å². The van der Waals surface area contributed by atoms with Crippen molar-refractivity contribution in [3.63, 3.8) is 0 Å². The molecule has 2 amide bonds. The van der Waals surface area contributed by atoms with E-state index < -0.39 is 5.60 Å². The maximum absolute atomic E-state index is 13.5. The molecule has 1 aromatic carbocycles. The van der Waals surface area contributed by atoms with Crippen molar-refractivity contribution in [2.45, 2.75) is 65.6 Å². The number of ether oxygens (including phenoxy) is 1. The van der Waals surface area contributed by atoms with Crippen LogP contribution in [0.3, 0.4) is 0 Å². The smallest absolute Gasteiger partial charge is 0.410 e. The molecule has 2 aromatic heterocycles. The van der Waals surface area contributed by atoms with Crippen molar-refractivity contribution in [1.29, 1.82) is 0 Å². The van der Waals surface area contributed by atoms with Crippen LogP contribution in [0.4, 0.5) is 4.79 Å². The molecule has 0 unspecified atom stereocenters. The van der Waals surface area contributed by atoms with Gasteiger partial charge in [-0.2, -0.15) is 5.10 Å². The van der Waals surface area contributed by atoms with E-state index in [1.807, 2.05) is 95.0 Å². The van der Waals surface area contributed by atoms with Gasteiger partial charge in [0.2, 0.25) is 0 Å². The normalized spacial score (nSPS) is 14.7. The van der Waals surface area contributed by atoms with Gasteiger partial charge in [0, 0.05) is 50.2 Å². The van der Waals surface area contributed by atoms with E-state index in [4.69, 9.17) is 9.84 Å². The molecule has 36 heavy (non-hydrogen) atoms. The lowest BCUT2D eigenvalue weighted by Crippen LogP contribution is -2.42. The highest BCUT2D eigenvalue weighted by atomic mass is 16.6. The van der Waals surface area contributed by atoms with E-state index in [1.54, 1.807) is 9.80 Å². The topological polar surface area (TPSA) is 72.6 Å². The summed E-state index contributed by atoms with van der Waals surface area (Å²) in [6.45, 7) is 11.4. The van der Waals surface area contributed by atoms with Crippen LogP contribution >= 0.6 is 0 Å². The molecule has 1 saturated heterocycles. The Balaban J connectivity index is 1.43. The Labute approximate surface area is 213 Å². The number of nitrogens with zero attached hydrogens (tertiary/aromatic N) is 5. The van der Waals surface area contributed by atoms with E-state index in [-0.39, 0.29) is 18.0 Å². The first-order chi connectivity index (χ1) is 17.0. The van der Waals surface area contributed by atoms with Gasteiger partial charge < -0.3 is 19.1 Å². The van der Waals surface area contributed by atoms with Crippen molar-refractivity contribution in [2.24, 2.45) is 0 Å². The minimum atomic E-state index is -0.507. The van der Waals surface area contributed by atoms with Crippen LogP contribution in [-0.2, 0) is 11.3 Å². The van der Waals surface area contributed by atoms with Gasteiger partial charge in [0.1, 0.15) is 11.3 Å². The third-order valence-electron chi connectivity index (χ3n) is 6.69. The molecule has 0 bridgehead atoms. The number of aromatic nitrogens is 3. The quantitative estimate of drug-likeness (QED) is 0.496. The number of hydrogen-bond acceptors (Lipinski definition) is 4.